The average Bonchev–Trinajstić information content (AvgIpc) is 3.07. The van der Waals surface area contributed by atoms with Crippen LogP contribution in [-0.4, -0.2) is 72.1 Å². The number of likely N-dealkylation sites (N-methyl/N-ethyl adjacent to an activating group) is 1. The predicted molar refractivity (Wildman–Crippen MR) is 159 cm³/mol. The van der Waals surface area contributed by atoms with Gasteiger partial charge in [-0.3, -0.25) is 19.5 Å². The molecule has 0 atom stereocenters. The van der Waals surface area contributed by atoms with Gasteiger partial charge in [0.1, 0.15) is 19.0 Å². The van der Waals surface area contributed by atoms with Crippen molar-refractivity contribution in [3.05, 3.63) is 100 Å². The molecule has 1 saturated heterocycles. The maximum absolute atomic E-state index is 14.8. The summed E-state index contributed by atoms with van der Waals surface area (Å²) in [6.45, 7) is -10.2. The Morgan fingerprint density at radius 2 is 1.55 bits per heavy atom. The van der Waals surface area contributed by atoms with E-state index in [-0.39, 0.29) is 47.8 Å². The summed E-state index contributed by atoms with van der Waals surface area (Å²) in [7, 11) is 0. The number of aromatic nitrogens is 1. The van der Waals surface area contributed by atoms with Crippen molar-refractivity contribution in [2.45, 2.75) is 26.3 Å². The molecule has 216 valence electrons. The van der Waals surface area contributed by atoms with Crippen LogP contribution >= 0.6 is 0 Å². The second kappa shape index (κ2) is 12.4. The molecule has 0 bridgehead atoms. The number of nitrogens with zero attached hydrogens (tertiary/aromatic N) is 3. The second-order valence-electron chi connectivity index (χ2n) is 9.97. The third kappa shape index (κ3) is 6.35. The molecule has 0 saturated carbocycles. The number of carbonyl (C=O) groups is 2. The molecule has 8 heteroatoms. The monoisotopic (exact) mass is 575 g/mol. The van der Waals surface area contributed by atoms with Gasteiger partial charge in [-0.2, -0.15) is 0 Å². The quantitative estimate of drug-likeness (QED) is 0.256. The fourth-order valence-electron chi connectivity index (χ4n) is 4.78. The van der Waals surface area contributed by atoms with Gasteiger partial charge < -0.3 is 14.4 Å². The molecule has 0 radical (unpaired) electrons. The number of carbonyl (C=O) groups excluding carboxylic acids is 2. The Morgan fingerprint density at radius 1 is 0.833 bits per heavy atom. The molecule has 6 rings (SSSR count). The van der Waals surface area contributed by atoms with E-state index in [1.54, 1.807) is 36.4 Å². The molecule has 2 aliphatic rings. The number of hydrogen-bond acceptors (Lipinski definition) is 7. The fourth-order valence-corrected chi connectivity index (χ4v) is 4.78. The number of benzene rings is 3. The van der Waals surface area contributed by atoms with Gasteiger partial charge in [0.05, 0.1) is 11.2 Å². The summed E-state index contributed by atoms with van der Waals surface area (Å²) in [6, 6.07) is 16.8. The van der Waals surface area contributed by atoms with Gasteiger partial charge in [-0.25, -0.2) is 4.39 Å². The number of ether oxygens (including phenoxy) is 2. The summed E-state index contributed by atoms with van der Waals surface area (Å²) in [4.78, 5) is 31.8. The zero-order valence-electron chi connectivity index (χ0n) is 30.9. The molecule has 0 N–H and O–H groups in total. The lowest BCUT2D eigenvalue weighted by Gasteiger charge is -2.33. The smallest absolute Gasteiger partial charge is 0.167 e. The maximum atomic E-state index is 14.8. The first-order chi connectivity index (χ1) is 23.5. The van der Waals surface area contributed by atoms with Crippen molar-refractivity contribution in [2.75, 3.05) is 45.7 Å². The lowest BCUT2D eigenvalue weighted by molar-refractivity contribution is 0.0985. The summed E-state index contributed by atoms with van der Waals surface area (Å²) < 4.78 is 93.5. The minimum absolute atomic E-state index is 0.0162. The van der Waals surface area contributed by atoms with Gasteiger partial charge in [0.25, 0.3) is 0 Å². The van der Waals surface area contributed by atoms with Gasteiger partial charge in [-0.15, -0.1) is 0 Å². The topological polar surface area (TPSA) is 72.0 Å². The first-order valence-corrected chi connectivity index (χ1v) is 13.7. The maximum Gasteiger partial charge on any atom is 0.167 e. The SMILES string of the molecule is [2H]C1([2H])N(CC)C([2H])([2H])C([2H])([2H])N(Cc2ccc3cc(C(=O)Cc4cc(CC(=O)c5ccc6c(c5)OCCO6)ccc4F)ccc3n2)C1([2H])[2H]. The van der Waals surface area contributed by atoms with Crippen molar-refractivity contribution in [3.63, 3.8) is 0 Å². The summed E-state index contributed by atoms with van der Waals surface area (Å²) in [5.41, 5.74) is 1.89. The van der Waals surface area contributed by atoms with E-state index in [0.717, 1.165) is 0 Å². The molecule has 1 aromatic heterocycles. The second-order valence-corrected chi connectivity index (χ2v) is 9.97. The molecule has 42 heavy (non-hydrogen) atoms. The predicted octanol–water partition coefficient (Wildman–Crippen LogP) is 5.13. The first kappa shape index (κ1) is 19.9. The van der Waals surface area contributed by atoms with Gasteiger partial charge >= 0.3 is 0 Å². The van der Waals surface area contributed by atoms with Crippen LogP contribution in [0.3, 0.4) is 0 Å². The Morgan fingerprint density at radius 3 is 2.36 bits per heavy atom. The Bertz CT molecular complexity index is 1970. The van der Waals surface area contributed by atoms with E-state index < -0.39 is 38.3 Å². The Kier molecular flexibility index (Phi) is 5.86. The van der Waals surface area contributed by atoms with Crippen LogP contribution < -0.4 is 9.47 Å². The lowest BCUT2D eigenvalue weighted by atomic mass is 9.97. The summed E-state index contributed by atoms with van der Waals surface area (Å²) in [5, 5.41) is 0.520. The molecule has 7 nitrogen and oxygen atoms in total. The summed E-state index contributed by atoms with van der Waals surface area (Å²) >= 11 is 0. The van der Waals surface area contributed by atoms with Crippen LogP contribution in [-0.2, 0) is 19.4 Å². The van der Waals surface area contributed by atoms with Crippen LogP contribution in [0.5, 0.6) is 11.5 Å². The van der Waals surface area contributed by atoms with Gasteiger partial charge in [0, 0.05) is 72.9 Å². The van der Waals surface area contributed by atoms with E-state index in [2.05, 4.69) is 4.98 Å². The minimum atomic E-state index is -2.93. The van der Waals surface area contributed by atoms with Crippen LogP contribution in [0.1, 0.15) is 55.4 Å². The molecular weight excluding hydrogens is 533 g/mol. The van der Waals surface area contributed by atoms with E-state index in [4.69, 9.17) is 20.4 Å². The van der Waals surface area contributed by atoms with Gasteiger partial charge in [0.2, 0.25) is 0 Å². The molecule has 0 spiro atoms. The molecule has 3 aromatic carbocycles. The molecular formula is C34H34FN3O4. The van der Waals surface area contributed by atoms with Crippen molar-refractivity contribution in [1.29, 1.82) is 0 Å². The molecule has 4 aromatic rings. The van der Waals surface area contributed by atoms with Crippen LogP contribution in [0, 0.1) is 5.82 Å². The van der Waals surface area contributed by atoms with Crippen LogP contribution in [0.2, 0.25) is 0 Å². The van der Waals surface area contributed by atoms with Crippen molar-refractivity contribution < 1.29 is 34.4 Å². The number of rotatable bonds is 9. The number of ketones is 2. The van der Waals surface area contributed by atoms with E-state index in [9.17, 15) is 14.0 Å². The molecule has 0 amide bonds. The number of piperazine rings is 1. The normalized spacial score (nSPS) is 23.2. The van der Waals surface area contributed by atoms with Crippen molar-refractivity contribution >= 4 is 22.5 Å². The van der Waals surface area contributed by atoms with E-state index in [1.165, 1.54) is 37.3 Å². The Hall–Kier alpha value is -4.14. The highest BCUT2D eigenvalue weighted by atomic mass is 19.1. The summed E-state index contributed by atoms with van der Waals surface area (Å²) in [6.07, 6.45) is -0.287. The largest absolute Gasteiger partial charge is 0.486 e. The zero-order chi connectivity index (χ0) is 36.2. The van der Waals surface area contributed by atoms with Crippen LogP contribution in [0.25, 0.3) is 10.9 Å². The van der Waals surface area contributed by atoms with Crippen molar-refractivity contribution in [2.24, 2.45) is 0 Å². The van der Waals surface area contributed by atoms with Gasteiger partial charge in [0.15, 0.2) is 23.1 Å². The Balaban J connectivity index is 1.18. The highest BCUT2D eigenvalue weighted by Gasteiger charge is 2.18. The van der Waals surface area contributed by atoms with Crippen LogP contribution in [0.15, 0.2) is 66.7 Å². The standard InChI is InChI=1S/C34H34FN3O4/c1-2-37-11-13-38(14-12-37)22-28-7-4-24-19-25(5-9-30(24)36-28)32(40)20-27-17-23(3-8-29(27)35)18-31(39)26-6-10-33-34(21-26)42-16-15-41-33/h3-10,17,19,21H,2,11-16,18,20,22H2,1H3/i11D2,12D2,13D2,14D2. The number of Topliss-reactive ketones (excluding diaryl/α,β-unsaturated/α-hetero) is 2. The van der Waals surface area contributed by atoms with E-state index in [1.807, 2.05) is 0 Å². The number of fused-ring (bicyclic) bond motifs is 2. The Labute approximate surface area is 256 Å². The third-order valence-corrected chi connectivity index (χ3v) is 7.03. The van der Waals surface area contributed by atoms with Crippen LogP contribution in [0.4, 0.5) is 4.39 Å². The molecule has 0 aliphatic carbocycles. The van der Waals surface area contributed by atoms with Gasteiger partial charge in [-0.05, 0) is 66.2 Å². The fraction of sp³-hybridized carbons (Fsp3) is 0.324. The minimum Gasteiger partial charge on any atom is -0.486 e. The summed E-state index contributed by atoms with van der Waals surface area (Å²) in [5.74, 6) is -0.135. The average molecular weight is 576 g/mol. The van der Waals surface area contributed by atoms with Crippen molar-refractivity contribution in [3.8, 4) is 11.5 Å². The highest BCUT2D eigenvalue weighted by molar-refractivity contribution is 6.01. The highest BCUT2D eigenvalue weighted by Crippen LogP contribution is 2.31. The number of pyridine rings is 1. The van der Waals surface area contributed by atoms with E-state index in [0.29, 0.717) is 56.5 Å². The van der Waals surface area contributed by atoms with E-state index >= 15 is 0 Å². The molecule has 0 unspecified atom stereocenters. The van der Waals surface area contributed by atoms with Crippen molar-refractivity contribution in [1.82, 2.24) is 14.8 Å². The number of halogens is 1. The van der Waals surface area contributed by atoms with Gasteiger partial charge in [-0.1, -0.05) is 25.1 Å². The number of hydrogen-bond donors (Lipinski definition) is 0. The molecule has 1 fully saturated rings. The third-order valence-electron chi connectivity index (χ3n) is 7.03. The lowest BCUT2D eigenvalue weighted by Crippen LogP contribution is -2.45. The molecule has 3 heterocycles. The first-order valence-electron chi connectivity index (χ1n) is 17.7. The zero-order valence-corrected chi connectivity index (χ0v) is 22.9. The molecule has 2 aliphatic heterocycles.